The van der Waals surface area contributed by atoms with Gasteiger partial charge in [-0.25, -0.2) is 9.97 Å². The summed E-state index contributed by atoms with van der Waals surface area (Å²) >= 11 is 0. The fourth-order valence-electron chi connectivity index (χ4n) is 3.09. The van der Waals surface area contributed by atoms with Crippen LogP contribution in [0.5, 0.6) is 23.1 Å². The molecule has 4 aromatic rings. The van der Waals surface area contributed by atoms with E-state index in [4.69, 9.17) is 23.9 Å². The second-order valence-corrected chi connectivity index (χ2v) is 6.42. The third kappa shape index (κ3) is 3.96. The number of aromatic nitrogens is 3. The van der Waals surface area contributed by atoms with Crippen molar-refractivity contribution in [3.8, 4) is 34.6 Å². The summed E-state index contributed by atoms with van der Waals surface area (Å²) < 4.78 is 22.2. The zero-order valence-electron chi connectivity index (χ0n) is 17.0. The quantitative estimate of drug-likeness (QED) is 0.455. The standard InChI is InChI=1S/C23H21N3O4/c1-27-16-7-4-6-15(12-16)14-30-19-9-5-8-17-20(28-2)13-18(25-22(17)19)23-24-11-10-21(26-23)29-3/h4-13H,14H2,1-3H3. The van der Waals surface area contributed by atoms with Gasteiger partial charge in [-0.2, -0.15) is 4.98 Å². The molecule has 7 heteroatoms. The predicted octanol–water partition coefficient (Wildman–Crippen LogP) is 4.30. The molecule has 2 aromatic carbocycles. The number of pyridine rings is 1. The first-order chi connectivity index (χ1) is 14.7. The Kier molecular flexibility index (Phi) is 5.61. The Balaban J connectivity index is 1.74. The molecule has 0 aliphatic heterocycles. The molecule has 0 saturated carbocycles. The summed E-state index contributed by atoms with van der Waals surface area (Å²) in [5, 5.41) is 0.840. The maximum Gasteiger partial charge on any atom is 0.216 e. The van der Waals surface area contributed by atoms with Crippen LogP contribution >= 0.6 is 0 Å². The van der Waals surface area contributed by atoms with Crippen molar-refractivity contribution >= 4 is 10.9 Å². The van der Waals surface area contributed by atoms with Crippen LogP contribution in [0.2, 0.25) is 0 Å². The molecule has 0 aliphatic carbocycles. The van der Waals surface area contributed by atoms with E-state index in [1.807, 2.05) is 48.5 Å². The van der Waals surface area contributed by atoms with Crippen molar-refractivity contribution in [3.05, 3.63) is 66.4 Å². The van der Waals surface area contributed by atoms with E-state index in [9.17, 15) is 0 Å². The summed E-state index contributed by atoms with van der Waals surface area (Å²) in [7, 11) is 4.82. The maximum absolute atomic E-state index is 6.10. The molecule has 152 valence electrons. The lowest BCUT2D eigenvalue weighted by atomic mass is 10.1. The topological polar surface area (TPSA) is 75.6 Å². The number of para-hydroxylation sites is 1. The van der Waals surface area contributed by atoms with Crippen molar-refractivity contribution in [2.75, 3.05) is 21.3 Å². The molecule has 0 unspecified atom stereocenters. The summed E-state index contributed by atoms with van der Waals surface area (Å²) in [5.74, 6) is 2.98. The molecule has 0 amide bonds. The van der Waals surface area contributed by atoms with Gasteiger partial charge in [-0.05, 0) is 29.8 Å². The number of ether oxygens (including phenoxy) is 4. The van der Waals surface area contributed by atoms with Gasteiger partial charge in [0.15, 0.2) is 5.82 Å². The average molecular weight is 403 g/mol. The number of rotatable bonds is 7. The predicted molar refractivity (Wildman–Crippen MR) is 113 cm³/mol. The SMILES string of the molecule is COc1cccc(COc2cccc3c(OC)cc(-c4nccc(OC)n4)nc23)c1. The zero-order chi connectivity index (χ0) is 20.9. The van der Waals surface area contributed by atoms with Gasteiger partial charge < -0.3 is 18.9 Å². The zero-order valence-corrected chi connectivity index (χ0v) is 17.0. The summed E-state index contributed by atoms with van der Waals surface area (Å²) in [6, 6.07) is 17.0. The molecule has 2 aromatic heterocycles. The Hall–Kier alpha value is -3.87. The Morgan fingerprint density at radius 1 is 0.800 bits per heavy atom. The van der Waals surface area contributed by atoms with Crippen molar-refractivity contribution < 1.29 is 18.9 Å². The molecule has 0 atom stereocenters. The van der Waals surface area contributed by atoms with Crippen LogP contribution in [-0.2, 0) is 6.61 Å². The van der Waals surface area contributed by atoms with Gasteiger partial charge in [0.25, 0.3) is 0 Å². The molecule has 0 radical (unpaired) electrons. The van der Waals surface area contributed by atoms with Crippen LogP contribution in [0.25, 0.3) is 22.4 Å². The molecule has 0 aliphatic rings. The summed E-state index contributed by atoms with van der Waals surface area (Å²) in [6.45, 7) is 0.375. The highest BCUT2D eigenvalue weighted by atomic mass is 16.5. The molecule has 7 nitrogen and oxygen atoms in total. The summed E-state index contributed by atoms with van der Waals surface area (Å²) in [6.07, 6.45) is 1.63. The van der Waals surface area contributed by atoms with Crippen LogP contribution in [0.1, 0.15) is 5.56 Å². The molecule has 0 fully saturated rings. The van der Waals surface area contributed by atoms with Crippen molar-refractivity contribution in [3.63, 3.8) is 0 Å². The lowest BCUT2D eigenvalue weighted by Gasteiger charge is -2.13. The van der Waals surface area contributed by atoms with Crippen LogP contribution in [0.4, 0.5) is 0 Å². The van der Waals surface area contributed by atoms with E-state index >= 15 is 0 Å². The van der Waals surface area contributed by atoms with E-state index in [1.54, 1.807) is 33.6 Å². The summed E-state index contributed by atoms with van der Waals surface area (Å²) in [4.78, 5) is 13.5. The van der Waals surface area contributed by atoms with Crippen LogP contribution in [0.3, 0.4) is 0 Å². The number of hydrogen-bond donors (Lipinski definition) is 0. The number of hydrogen-bond acceptors (Lipinski definition) is 7. The lowest BCUT2D eigenvalue weighted by Crippen LogP contribution is -2.00. The van der Waals surface area contributed by atoms with Crippen LogP contribution in [0.15, 0.2) is 60.8 Å². The van der Waals surface area contributed by atoms with Crippen molar-refractivity contribution in [1.29, 1.82) is 0 Å². The minimum absolute atomic E-state index is 0.375. The fourth-order valence-corrected chi connectivity index (χ4v) is 3.09. The van der Waals surface area contributed by atoms with E-state index in [0.717, 1.165) is 16.7 Å². The fraction of sp³-hybridized carbons (Fsp3) is 0.174. The highest BCUT2D eigenvalue weighted by Gasteiger charge is 2.14. The van der Waals surface area contributed by atoms with Gasteiger partial charge in [0.05, 0.1) is 21.3 Å². The van der Waals surface area contributed by atoms with E-state index in [1.165, 1.54) is 0 Å². The molecule has 0 saturated heterocycles. The van der Waals surface area contributed by atoms with Gasteiger partial charge in [0.1, 0.15) is 35.1 Å². The van der Waals surface area contributed by atoms with Gasteiger partial charge in [-0.3, -0.25) is 0 Å². The maximum atomic E-state index is 6.10. The van der Waals surface area contributed by atoms with Crippen LogP contribution < -0.4 is 18.9 Å². The van der Waals surface area contributed by atoms with Crippen molar-refractivity contribution in [2.24, 2.45) is 0 Å². The molecule has 0 N–H and O–H groups in total. The molecule has 0 bridgehead atoms. The van der Waals surface area contributed by atoms with E-state index in [0.29, 0.717) is 41.0 Å². The van der Waals surface area contributed by atoms with E-state index < -0.39 is 0 Å². The first-order valence-electron chi connectivity index (χ1n) is 9.32. The highest BCUT2D eigenvalue weighted by Crippen LogP contribution is 2.34. The van der Waals surface area contributed by atoms with Gasteiger partial charge in [0.2, 0.25) is 5.88 Å². The number of nitrogens with zero attached hydrogens (tertiary/aromatic N) is 3. The third-order valence-electron chi connectivity index (χ3n) is 4.58. The first-order valence-corrected chi connectivity index (χ1v) is 9.32. The van der Waals surface area contributed by atoms with E-state index in [2.05, 4.69) is 9.97 Å². The molecule has 2 heterocycles. The lowest BCUT2D eigenvalue weighted by molar-refractivity contribution is 0.308. The Labute approximate surface area is 174 Å². The Morgan fingerprint density at radius 3 is 2.47 bits per heavy atom. The smallest absolute Gasteiger partial charge is 0.216 e. The van der Waals surface area contributed by atoms with Gasteiger partial charge >= 0.3 is 0 Å². The minimum atomic E-state index is 0.375. The molecule has 0 spiro atoms. The highest BCUT2D eigenvalue weighted by molar-refractivity contribution is 5.91. The van der Waals surface area contributed by atoms with Crippen molar-refractivity contribution in [1.82, 2.24) is 15.0 Å². The third-order valence-corrected chi connectivity index (χ3v) is 4.58. The van der Waals surface area contributed by atoms with Gasteiger partial charge in [-0.15, -0.1) is 0 Å². The molecular weight excluding hydrogens is 382 g/mol. The normalized spacial score (nSPS) is 10.6. The number of benzene rings is 2. The minimum Gasteiger partial charge on any atom is -0.497 e. The monoisotopic (exact) mass is 403 g/mol. The Morgan fingerprint density at radius 2 is 1.67 bits per heavy atom. The average Bonchev–Trinajstić information content (AvgIpc) is 2.82. The van der Waals surface area contributed by atoms with Crippen LogP contribution in [0, 0.1) is 0 Å². The van der Waals surface area contributed by atoms with E-state index in [-0.39, 0.29) is 0 Å². The van der Waals surface area contributed by atoms with Gasteiger partial charge in [-0.1, -0.05) is 18.2 Å². The van der Waals surface area contributed by atoms with Gasteiger partial charge in [0, 0.05) is 23.7 Å². The summed E-state index contributed by atoms with van der Waals surface area (Å²) in [5.41, 5.74) is 2.22. The Bertz CT molecular complexity index is 1180. The molecule has 30 heavy (non-hydrogen) atoms. The van der Waals surface area contributed by atoms with Crippen LogP contribution in [-0.4, -0.2) is 36.3 Å². The number of fused-ring (bicyclic) bond motifs is 1. The second-order valence-electron chi connectivity index (χ2n) is 6.42. The second kappa shape index (κ2) is 8.65. The largest absolute Gasteiger partial charge is 0.497 e. The number of methoxy groups -OCH3 is 3. The first kappa shape index (κ1) is 19.4. The molecule has 4 rings (SSSR count). The van der Waals surface area contributed by atoms with Crippen molar-refractivity contribution in [2.45, 2.75) is 6.61 Å². The molecular formula is C23H21N3O4.